The standard InChI is InChI=1S/C18H39N.C16H33NO/c1-2-3-4-5-6-7-8-9-10-11-12-13-14-15-16-17-18-19;1-2-3-4-5-6-7-8-9-10-11-12-13-14-15-16(17)18/h2-19H2,1H3;2-15H2,1H3,(H2,17,18). The number of nitrogens with two attached hydrogens (primary N) is 2. The predicted octanol–water partition coefficient (Wildman–Crippen LogP) is 11.2. The van der Waals surface area contributed by atoms with Crippen molar-refractivity contribution in [1.29, 1.82) is 0 Å². The quantitative estimate of drug-likeness (QED) is 0.0917. The van der Waals surface area contributed by atoms with Gasteiger partial charge in [0, 0.05) is 6.42 Å². The first-order valence-electron chi connectivity index (χ1n) is 17.2. The fourth-order valence-corrected chi connectivity index (χ4v) is 5.01. The molecule has 0 heterocycles. The van der Waals surface area contributed by atoms with Gasteiger partial charge >= 0.3 is 0 Å². The zero-order valence-electron chi connectivity index (χ0n) is 26.0. The Kier molecular flexibility index (Phi) is 39.2. The van der Waals surface area contributed by atoms with E-state index in [1.807, 2.05) is 0 Å². The summed E-state index contributed by atoms with van der Waals surface area (Å²) < 4.78 is 0. The van der Waals surface area contributed by atoms with Crippen LogP contribution in [0.2, 0.25) is 0 Å². The largest absolute Gasteiger partial charge is 0.370 e. The maximum atomic E-state index is 10.5. The van der Waals surface area contributed by atoms with E-state index in [2.05, 4.69) is 13.8 Å². The maximum Gasteiger partial charge on any atom is 0.217 e. The van der Waals surface area contributed by atoms with Gasteiger partial charge in [-0.05, 0) is 19.4 Å². The molecule has 0 aliphatic rings. The van der Waals surface area contributed by atoms with Crippen LogP contribution in [0.5, 0.6) is 0 Å². The summed E-state index contributed by atoms with van der Waals surface area (Å²) in [6.07, 6.45) is 40.8. The van der Waals surface area contributed by atoms with Crippen molar-refractivity contribution in [1.82, 2.24) is 0 Å². The Morgan fingerprint density at radius 3 is 0.811 bits per heavy atom. The number of unbranched alkanes of at least 4 members (excludes halogenated alkanes) is 27. The number of carbonyl (C=O) groups excluding carboxylic acids is 1. The summed E-state index contributed by atoms with van der Waals surface area (Å²) in [7, 11) is 0. The van der Waals surface area contributed by atoms with Crippen molar-refractivity contribution in [3.8, 4) is 0 Å². The van der Waals surface area contributed by atoms with Crippen molar-refractivity contribution in [2.24, 2.45) is 11.5 Å². The Balaban J connectivity index is 0. The highest BCUT2D eigenvalue weighted by Gasteiger charge is 1.96. The first kappa shape index (κ1) is 38.6. The van der Waals surface area contributed by atoms with Crippen LogP contribution in [0.15, 0.2) is 0 Å². The van der Waals surface area contributed by atoms with E-state index in [1.165, 1.54) is 180 Å². The highest BCUT2D eigenvalue weighted by Crippen LogP contribution is 2.14. The minimum Gasteiger partial charge on any atom is -0.370 e. The molecular formula is C34H72N2O. The van der Waals surface area contributed by atoms with Gasteiger partial charge in [0.2, 0.25) is 5.91 Å². The Labute approximate surface area is 235 Å². The third-order valence-corrected chi connectivity index (χ3v) is 7.58. The molecule has 37 heavy (non-hydrogen) atoms. The molecule has 4 N–H and O–H groups in total. The lowest BCUT2D eigenvalue weighted by Crippen LogP contribution is -2.09. The van der Waals surface area contributed by atoms with Crippen molar-refractivity contribution in [2.75, 3.05) is 6.54 Å². The molecule has 0 atom stereocenters. The fraction of sp³-hybridized carbons (Fsp3) is 0.971. The van der Waals surface area contributed by atoms with Crippen molar-refractivity contribution in [3.05, 3.63) is 0 Å². The normalized spacial score (nSPS) is 10.9. The molecule has 0 fully saturated rings. The summed E-state index contributed by atoms with van der Waals surface area (Å²) in [6.45, 7) is 5.43. The van der Waals surface area contributed by atoms with Crippen molar-refractivity contribution < 1.29 is 4.79 Å². The van der Waals surface area contributed by atoms with Gasteiger partial charge in [-0.3, -0.25) is 4.79 Å². The number of amides is 1. The molecular weight excluding hydrogens is 452 g/mol. The lowest BCUT2D eigenvalue weighted by atomic mass is 10.0. The van der Waals surface area contributed by atoms with Crippen LogP contribution in [0.4, 0.5) is 0 Å². The Morgan fingerprint density at radius 1 is 0.378 bits per heavy atom. The third-order valence-electron chi connectivity index (χ3n) is 7.58. The van der Waals surface area contributed by atoms with Gasteiger partial charge in [-0.1, -0.05) is 187 Å². The lowest BCUT2D eigenvalue weighted by molar-refractivity contribution is -0.118. The van der Waals surface area contributed by atoms with Gasteiger partial charge in [0.15, 0.2) is 0 Å². The summed E-state index contributed by atoms with van der Waals surface area (Å²) in [5.74, 6) is -0.155. The van der Waals surface area contributed by atoms with Crippen LogP contribution >= 0.6 is 0 Å². The molecule has 0 aliphatic heterocycles. The van der Waals surface area contributed by atoms with Crippen LogP contribution < -0.4 is 11.5 Å². The topological polar surface area (TPSA) is 69.1 Å². The van der Waals surface area contributed by atoms with Crippen LogP contribution in [0, 0.1) is 0 Å². The van der Waals surface area contributed by atoms with E-state index in [0.717, 1.165) is 13.0 Å². The smallest absolute Gasteiger partial charge is 0.217 e. The van der Waals surface area contributed by atoms with Crippen LogP contribution in [0.1, 0.15) is 206 Å². The second kappa shape index (κ2) is 37.6. The molecule has 224 valence electrons. The van der Waals surface area contributed by atoms with Gasteiger partial charge in [-0.15, -0.1) is 0 Å². The van der Waals surface area contributed by atoms with E-state index in [4.69, 9.17) is 11.5 Å². The minimum absolute atomic E-state index is 0.155. The van der Waals surface area contributed by atoms with E-state index in [0.29, 0.717) is 6.42 Å². The molecule has 0 rings (SSSR count). The van der Waals surface area contributed by atoms with Crippen molar-refractivity contribution in [3.63, 3.8) is 0 Å². The second-order valence-corrected chi connectivity index (χ2v) is 11.6. The molecule has 0 saturated carbocycles. The summed E-state index contributed by atoms with van der Waals surface area (Å²) in [5, 5.41) is 0. The lowest BCUT2D eigenvalue weighted by Gasteiger charge is -2.03. The highest BCUT2D eigenvalue weighted by atomic mass is 16.1. The van der Waals surface area contributed by atoms with Crippen LogP contribution in [0.25, 0.3) is 0 Å². The molecule has 0 aromatic carbocycles. The maximum absolute atomic E-state index is 10.5. The van der Waals surface area contributed by atoms with Gasteiger partial charge in [0.25, 0.3) is 0 Å². The van der Waals surface area contributed by atoms with Gasteiger partial charge in [-0.2, -0.15) is 0 Å². The van der Waals surface area contributed by atoms with Crippen molar-refractivity contribution >= 4 is 5.91 Å². The first-order chi connectivity index (χ1) is 18.2. The summed E-state index contributed by atoms with van der Waals surface area (Å²) in [5.41, 5.74) is 10.6. The Bertz CT molecular complexity index is 383. The molecule has 0 aromatic rings. The summed E-state index contributed by atoms with van der Waals surface area (Å²) in [6, 6.07) is 0. The molecule has 0 bridgehead atoms. The third kappa shape index (κ3) is 42.8. The molecule has 0 radical (unpaired) electrons. The zero-order valence-corrected chi connectivity index (χ0v) is 26.0. The van der Waals surface area contributed by atoms with E-state index in [-0.39, 0.29) is 5.91 Å². The Morgan fingerprint density at radius 2 is 0.595 bits per heavy atom. The van der Waals surface area contributed by atoms with E-state index >= 15 is 0 Å². The van der Waals surface area contributed by atoms with E-state index in [1.54, 1.807) is 0 Å². The van der Waals surface area contributed by atoms with Gasteiger partial charge < -0.3 is 11.5 Å². The minimum atomic E-state index is -0.155. The van der Waals surface area contributed by atoms with Crippen LogP contribution in [0.3, 0.4) is 0 Å². The number of carbonyl (C=O) groups is 1. The number of hydrogen-bond donors (Lipinski definition) is 2. The molecule has 3 nitrogen and oxygen atoms in total. The van der Waals surface area contributed by atoms with Crippen molar-refractivity contribution in [2.45, 2.75) is 206 Å². The average molecular weight is 525 g/mol. The molecule has 0 unspecified atom stereocenters. The molecule has 1 amide bonds. The van der Waals surface area contributed by atoms with Crippen LogP contribution in [-0.4, -0.2) is 12.5 Å². The number of primary amides is 1. The number of rotatable bonds is 30. The average Bonchev–Trinajstić information content (AvgIpc) is 2.89. The Hall–Kier alpha value is -0.570. The molecule has 3 heteroatoms. The van der Waals surface area contributed by atoms with E-state index in [9.17, 15) is 4.79 Å². The SMILES string of the molecule is CCCCCCCCCCCCCCCC(N)=O.CCCCCCCCCCCCCCCCCCN. The highest BCUT2D eigenvalue weighted by molar-refractivity contribution is 5.73. The first-order valence-corrected chi connectivity index (χ1v) is 17.2. The summed E-state index contributed by atoms with van der Waals surface area (Å²) in [4.78, 5) is 10.5. The predicted molar refractivity (Wildman–Crippen MR) is 168 cm³/mol. The molecule has 0 spiro atoms. The molecule has 0 aromatic heterocycles. The number of hydrogen-bond acceptors (Lipinski definition) is 2. The van der Waals surface area contributed by atoms with Gasteiger partial charge in [0.1, 0.15) is 0 Å². The summed E-state index contributed by atoms with van der Waals surface area (Å²) >= 11 is 0. The zero-order chi connectivity index (χ0) is 27.5. The molecule has 0 aliphatic carbocycles. The molecule has 0 saturated heterocycles. The van der Waals surface area contributed by atoms with Crippen LogP contribution in [-0.2, 0) is 4.79 Å². The van der Waals surface area contributed by atoms with E-state index < -0.39 is 0 Å². The van der Waals surface area contributed by atoms with Gasteiger partial charge in [-0.25, -0.2) is 0 Å². The van der Waals surface area contributed by atoms with Gasteiger partial charge in [0.05, 0.1) is 0 Å². The second-order valence-electron chi connectivity index (χ2n) is 11.6. The fourth-order valence-electron chi connectivity index (χ4n) is 5.01. The monoisotopic (exact) mass is 525 g/mol.